The van der Waals surface area contributed by atoms with Crippen molar-refractivity contribution < 1.29 is 17.2 Å². The number of hydrogen-bond donors (Lipinski definition) is 0. The van der Waals surface area contributed by atoms with Crippen LogP contribution in [0.4, 0.5) is 8.78 Å². The van der Waals surface area contributed by atoms with Gasteiger partial charge in [0.05, 0.1) is 10.6 Å². The number of benzene rings is 2. The second-order valence-corrected chi connectivity index (χ2v) is 9.50. The van der Waals surface area contributed by atoms with Gasteiger partial charge in [0, 0.05) is 37.7 Å². The Morgan fingerprint density at radius 1 is 0.893 bits per heavy atom. The van der Waals surface area contributed by atoms with E-state index in [1.54, 1.807) is 6.07 Å². The molecule has 2 aromatic rings. The zero-order valence-corrected chi connectivity index (χ0v) is 17.0. The summed E-state index contributed by atoms with van der Waals surface area (Å²) < 4.78 is 50.7. The van der Waals surface area contributed by atoms with Gasteiger partial charge >= 0.3 is 0 Å². The van der Waals surface area contributed by atoms with Crippen molar-refractivity contribution in [1.29, 1.82) is 0 Å². The number of hydrogen-bond acceptors (Lipinski definition) is 4. The van der Waals surface area contributed by atoms with Crippen LogP contribution in [0.25, 0.3) is 0 Å². The molecule has 1 fully saturated rings. The summed E-state index contributed by atoms with van der Waals surface area (Å²) >= 11 is 6.09. The average molecular weight is 429 g/mol. The summed E-state index contributed by atoms with van der Waals surface area (Å²) in [4.78, 5) is 4.66. The van der Waals surface area contributed by atoms with Crippen LogP contribution in [-0.4, -0.2) is 56.7 Å². The van der Waals surface area contributed by atoms with E-state index in [-0.39, 0.29) is 16.5 Å². The minimum Gasteiger partial charge on any atom is -0.301 e. The Labute approximate surface area is 169 Å². The van der Waals surface area contributed by atoms with Gasteiger partial charge in [-0.15, -0.1) is 0 Å². The van der Waals surface area contributed by atoms with E-state index in [9.17, 15) is 17.2 Å². The molecule has 0 aliphatic carbocycles. The first-order chi connectivity index (χ1) is 13.3. The molecule has 4 nitrogen and oxygen atoms in total. The first kappa shape index (κ1) is 21.2. The lowest BCUT2D eigenvalue weighted by atomic mass is 10.2. The molecule has 8 heteroatoms. The Hall–Kier alpha value is -1.54. The molecule has 0 saturated carbocycles. The van der Waals surface area contributed by atoms with Crippen LogP contribution in [0, 0.1) is 11.6 Å². The van der Waals surface area contributed by atoms with Crippen LogP contribution in [0.1, 0.15) is 12.0 Å². The first-order valence-corrected chi connectivity index (χ1v) is 11.2. The first-order valence-electron chi connectivity index (χ1n) is 9.20. The van der Waals surface area contributed by atoms with E-state index in [0.717, 1.165) is 31.7 Å². The molecule has 1 heterocycles. The lowest BCUT2D eigenvalue weighted by Gasteiger charge is -2.34. The number of sulfone groups is 1. The van der Waals surface area contributed by atoms with Crippen molar-refractivity contribution in [1.82, 2.24) is 9.80 Å². The highest BCUT2D eigenvalue weighted by Gasteiger charge is 2.19. The SMILES string of the molecule is O=S(=O)(CCCN1CCN(Cc2ccc(F)cc2Cl)CC1)c1ccc(F)cc1. The molecule has 1 aliphatic rings. The van der Waals surface area contributed by atoms with Crippen LogP contribution in [-0.2, 0) is 16.4 Å². The second-order valence-electron chi connectivity index (χ2n) is 6.98. The van der Waals surface area contributed by atoms with Crippen LogP contribution in [0.15, 0.2) is 47.4 Å². The van der Waals surface area contributed by atoms with Crippen molar-refractivity contribution in [3.05, 3.63) is 64.7 Å². The van der Waals surface area contributed by atoms with Gasteiger partial charge in [0.15, 0.2) is 9.84 Å². The van der Waals surface area contributed by atoms with Crippen molar-refractivity contribution in [2.24, 2.45) is 0 Å². The van der Waals surface area contributed by atoms with Crippen LogP contribution >= 0.6 is 11.6 Å². The Bertz CT molecular complexity index is 899. The van der Waals surface area contributed by atoms with Crippen LogP contribution in [0.3, 0.4) is 0 Å². The van der Waals surface area contributed by atoms with Gasteiger partial charge in [-0.3, -0.25) is 4.90 Å². The highest BCUT2D eigenvalue weighted by molar-refractivity contribution is 7.91. The normalized spacial score (nSPS) is 16.4. The molecule has 0 unspecified atom stereocenters. The molecule has 3 rings (SSSR count). The lowest BCUT2D eigenvalue weighted by Crippen LogP contribution is -2.46. The van der Waals surface area contributed by atoms with Crippen molar-refractivity contribution in [3.63, 3.8) is 0 Å². The molecule has 28 heavy (non-hydrogen) atoms. The topological polar surface area (TPSA) is 40.6 Å². The fourth-order valence-electron chi connectivity index (χ4n) is 3.30. The third-order valence-corrected chi connectivity index (χ3v) is 7.10. The summed E-state index contributed by atoms with van der Waals surface area (Å²) in [6.07, 6.45) is 0.531. The second kappa shape index (κ2) is 9.31. The summed E-state index contributed by atoms with van der Waals surface area (Å²) in [6, 6.07) is 9.41. The standard InChI is InChI=1S/C20H23ClF2N2O2S/c21-20-14-18(23)3-2-16(20)15-25-11-9-24(10-12-25)8-1-13-28(26,27)19-6-4-17(22)5-7-19/h2-7,14H,1,8-13,15H2. The quantitative estimate of drug-likeness (QED) is 0.632. The minimum absolute atomic E-state index is 0.0457. The minimum atomic E-state index is -3.39. The van der Waals surface area contributed by atoms with Gasteiger partial charge in [0.2, 0.25) is 0 Å². The van der Waals surface area contributed by atoms with Crippen molar-refractivity contribution in [2.45, 2.75) is 17.9 Å². The van der Waals surface area contributed by atoms with E-state index in [1.165, 1.54) is 36.4 Å². The number of halogens is 3. The third-order valence-electron chi connectivity index (χ3n) is 4.93. The molecule has 0 amide bonds. The molecule has 2 aromatic carbocycles. The zero-order valence-electron chi connectivity index (χ0n) is 15.5. The van der Waals surface area contributed by atoms with Crippen LogP contribution in [0.2, 0.25) is 5.02 Å². The molecule has 1 aliphatic heterocycles. The summed E-state index contributed by atoms with van der Waals surface area (Å²) in [5.74, 6) is -0.739. The zero-order chi connectivity index (χ0) is 20.1. The summed E-state index contributed by atoms with van der Waals surface area (Å²) in [6.45, 7) is 4.75. The Balaban J connectivity index is 1.42. The highest BCUT2D eigenvalue weighted by Crippen LogP contribution is 2.20. The molecule has 0 bridgehead atoms. The Kier molecular flexibility index (Phi) is 7.04. The molecular formula is C20H23ClF2N2O2S. The lowest BCUT2D eigenvalue weighted by molar-refractivity contribution is 0.127. The molecule has 0 spiro atoms. The molecule has 0 N–H and O–H groups in total. The van der Waals surface area contributed by atoms with Gasteiger partial charge in [-0.05, 0) is 54.9 Å². The summed E-state index contributed by atoms with van der Waals surface area (Å²) in [7, 11) is -3.39. The predicted octanol–water partition coefficient (Wildman–Crippen LogP) is 3.60. The van der Waals surface area contributed by atoms with Crippen molar-refractivity contribution in [2.75, 3.05) is 38.5 Å². The number of nitrogens with zero attached hydrogens (tertiary/aromatic N) is 2. The maximum absolute atomic E-state index is 13.1. The van der Waals surface area contributed by atoms with Gasteiger partial charge in [-0.1, -0.05) is 17.7 Å². The summed E-state index contributed by atoms with van der Waals surface area (Å²) in [5, 5.41) is 0.438. The number of rotatable bonds is 7. The molecule has 0 aromatic heterocycles. The third kappa shape index (κ3) is 5.73. The van der Waals surface area contributed by atoms with E-state index in [0.29, 0.717) is 24.5 Å². The number of piperazine rings is 1. The van der Waals surface area contributed by atoms with Gasteiger partial charge in [-0.2, -0.15) is 0 Å². The van der Waals surface area contributed by atoms with E-state index < -0.39 is 15.7 Å². The van der Waals surface area contributed by atoms with Gasteiger partial charge in [0.1, 0.15) is 11.6 Å². The average Bonchev–Trinajstić information content (AvgIpc) is 2.65. The molecule has 1 saturated heterocycles. The van der Waals surface area contributed by atoms with E-state index in [4.69, 9.17) is 11.6 Å². The van der Waals surface area contributed by atoms with E-state index in [2.05, 4.69) is 9.80 Å². The van der Waals surface area contributed by atoms with E-state index in [1.807, 2.05) is 0 Å². The molecule has 0 radical (unpaired) electrons. The summed E-state index contributed by atoms with van der Waals surface area (Å²) in [5.41, 5.74) is 0.905. The molecule has 152 valence electrons. The largest absolute Gasteiger partial charge is 0.301 e. The molecule has 0 atom stereocenters. The van der Waals surface area contributed by atoms with Gasteiger partial charge < -0.3 is 4.90 Å². The van der Waals surface area contributed by atoms with E-state index >= 15 is 0 Å². The van der Waals surface area contributed by atoms with Gasteiger partial charge in [-0.25, -0.2) is 17.2 Å². The van der Waals surface area contributed by atoms with Crippen LogP contribution in [0.5, 0.6) is 0 Å². The van der Waals surface area contributed by atoms with Crippen molar-refractivity contribution in [3.8, 4) is 0 Å². The predicted molar refractivity (Wildman–Crippen MR) is 106 cm³/mol. The fraction of sp³-hybridized carbons (Fsp3) is 0.400. The Morgan fingerprint density at radius 3 is 2.14 bits per heavy atom. The molecular weight excluding hydrogens is 406 g/mol. The highest BCUT2D eigenvalue weighted by atomic mass is 35.5. The maximum atomic E-state index is 13.1. The maximum Gasteiger partial charge on any atom is 0.178 e. The fourth-order valence-corrected chi connectivity index (χ4v) is 4.82. The Morgan fingerprint density at radius 2 is 1.50 bits per heavy atom. The van der Waals surface area contributed by atoms with Crippen LogP contribution < -0.4 is 0 Å². The van der Waals surface area contributed by atoms with Gasteiger partial charge in [0.25, 0.3) is 0 Å². The monoisotopic (exact) mass is 428 g/mol. The smallest absolute Gasteiger partial charge is 0.178 e. The van der Waals surface area contributed by atoms with Crippen molar-refractivity contribution >= 4 is 21.4 Å².